The molecule has 10 heavy (non-hydrogen) atoms. The fourth-order valence-electron chi connectivity index (χ4n) is 0.359. The third-order valence-electron chi connectivity index (χ3n) is 0.699. The largest absolute Gasteiger partial charge is 0.369 e. The van der Waals surface area contributed by atoms with Crippen LogP contribution in [0, 0.1) is 11.3 Å². The van der Waals surface area contributed by atoms with Crippen LogP contribution in [0.4, 0.5) is 0 Å². The van der Waals surface area contributed by atoms with Gasteiger partial charge in [0.05, 0.1) is 6.07 Å². The van der Waals surface area contributed by atoms with Crippen molar-refractivity contribution < 1.29 is 9.59 Å². The predicted molar refractivity (Wildman–Crippen MR) is 32.4 cm³/mol. The Morgan fingerprint density at radius 1 is 1.60 bits per heavy atom. The van der Waals surface area contributed by atoms with Gasteiger partial charge in [-0.05, 0) is 0 Å². The van der Waals surface area contributed by atoms with Gasteiger partial charge in [0.15, 0.2) is 0 Å². The van der Waals surface area contributed by atoms with Crippen LogP contribution >= 0.6 is 0 Å². The van der Waals surface area contributed by atoms with E-state index in [0.29, 0.717) is 0 Å². The summed E-state index contributed by atoms with van der Waals surface area (Å²) in [5.41, 5.74) is 4.68. The first-order chi connectivity index (χ1) is 4.66. The average molecular weight is 141 g/mol. The van der Waals surface area contributed by atoms with Crippen molar-refractivity contribution in [3.63, 3.8) is 0 Å². The van der Waals surface area contributed by atoms with Crippen LogP contribution in [-0.2, 0) is 9.59 Å². The molecule has 0 aliphatic heterocycles. The van der Waals surface area contributed by atoms with Crippen LogP contribution in [0.2, 0.25) is 0 Å². The van der Waals surface area contributed by atoms with Gasteiger partial charge >= 0.3 is 0 Å². The number of nitrogens with two attached hydrogens (primary N) is 1. The Balaban J connectivity index is 3.47. The van der Waals surface area contributed by atoms with Crippen molar-refractivity contribution in [1.82, 2.24) is 5.32 Å². The van der Waals surface area contributed by atoms with E-state index in [1.165, 1.54) is 0 Å². The van der Waals surface area contributed by atoms with Gasteiger partial charge in [-0.25, -0.2) is 0 Å². The SMILES string of the molecule is N#CCNC(=O)CC(N)=O. The zero-order valence-electron chi connectivity index (χ0n) is 5.26. The number of rotatable bonds is 3. The Morgan fingerprint density at radius 3 is 2.60 bits per heavy atom. The first-order valence-electron chi connectivity index (χ1n) is 2.58. The molecule has 0 atom stereocenters. The van der Waals surface area contributed by atoms with E-state index in [-0.39, 0.29) is 13.0 Å². The first kappa shape index (κ1) is 8.43. The number of carbonyl (C=O) groups excluding carboxylic acids is 2. The summed E-state index contributed by atoms with van der Waals surface area (Å²) in [6.45, 7) is -0.0912. The third kappa shape index (κ3) is 4.59. The lowest BCUT2D eigenvalue weighted by atomic mass is 10.4. The maximum atomic E-state index is 10.4. The van der Waals surface area contributed by atoms with E-state index < -0.39 is 11.8 Å². The van der Waals surface area contributed by atoms with E-state index >= 15 is 0 Å². The molecule has 0 bridgehead atoms. The van der Waals surface area contributed by atoms with Crippen molar-refractivity contribution in [2.75, 3.05) is 6.54 Å². The first-order valence-corrected chi connectivity index (χ1v) is 2.58. The van der Waals surface area contributed by atoms with Crippen LogP contribution in [0.1, 0.15) is 6.42 Å². The number of primary amides is 1. The fraction of sp³-hybridized carbons (Fsp3) is 0.400. The number of nitrogens with one attached hydrogen (secondary N) is 1. The van der Waals surface area contributed by atoms with E-state index in [4.69, 9.17) is 5.26 Å². The number of nitrogens with zero attached hydrogens (tertiary/aromatic N) is 1. The summed E-state index contributed by atoms with van der Waals surface area (Å²) in [5, 5.41) is 10.1. The summed E-state index contributed by atoms with van der Waals surface area (Å²) in [7, 11) is 0. The van der Waals surface area contributed by atoms with Crippen LogP contribution in [0.15, 0.2) is 0 Å². The van der Waals surface area contributed by atoms with Crippen molar-refractivity contribution in [2.45, 2.75) is 6.42 Å². The van der Waals surface area contributed by atoms with E-state index in [1.54, 1.807) is 6.07 Å². The Labute approximate surface area is 57.8 Å². The third-order valence-corrected chi connectivity index (χ3v) is 0.699. The topological polar surface area (TPSA) is 96.0 Å². The second-order valence-corrected chi connectivity index (χ2v) is 1.58. The minimum atomic E-state index is -0.699. The molecule has 0 rings (SSSR count). The summed E-state index contributed by atoms with van der Waals surface area (Å²) in [6.07, 6.45) is -0.359. The average Bonchev–Trinajstić information content (AvgIpc) is 1.82. The molecule has 0 fully saturated rings. The van der Waals surface area contributed by atoms with Crippen molar-refractivity contribution in [3.8, 4) is 6.07 Å². The molecule has 0 unspecified atom stereocenters. The van der Waals surface area contributed by atoms with Gasteiger partial charge in [-0.1, -0.05) is 0 Å². The standard InChI is InChI=1S/C5H7N3O2/c6-1-2-8-5(10)3-4(7)9/h2-3H2,(H2,7,9)(H,8,10). The molecule has 0 heterocycles. The van der Waals surface area contributed by atoms with Crippen LogP contribution in [0.25, 0.3) is 0 Å². The summed E-state index contributed by atoms with van der Waals surface area (Å²) in [4.78, 5) is 20.5. The molecule has 2 amide bonds. The van der Waals surface area contributed by atoms with E-state index in [2.05, 4.69) is 11.1 Å². The molecule has 0 aromatic carbocycles. The second kappa shape index (κ2) is 4.32. The van der Waals surface area contributed by atoms with Crippen LogP contribution in [-0.4, -0.2) is 18.4 Å². The highest BCUT2D eigenvalue weighted by molar-refractivity contribution is 5.96. The van der Waals surface area contributed by atoms with E-state index in [1.807, 2.05) is 0 Å². The van der Waals surface area contributed by atoms with Gasteiger partial charge in [-0.2, -0.15) is 5.26 Å². The van der Waals surface area contributed by atoms with E-state index in [0.717, 1.165) is 0 Å². The van der Waals surface area contributed by atoms with Crippen LogP contribution < -0.4 is 11.1 Å². The van der Waals surface area contributed by atoms with Crippen LogP contribution in [0.3, 0.4) is 0 Å². The smallest absolute Gasteiger partial charge is 0.230 e. The van der Waals surface area contributed by atoms with Crippen molar-refractivity contribution in [3.05, 3.63) is 0 Å². The Morgan fingerprint density at radius 2 is 2.20 bits per heavy atom. The van der Waals surface area contributed by atoms with Crippen molar-refractivity contribution in [2.24, 2.45) is 5.73 Å². The Kier molecular flexibility index (Phi) is 3.64. The normalized spacial score (nSPS) is 7.90. The van der Waals surface area contributed by atoms with Gasteiger partial charge in [0.1, 0.15) is 13.0 Å². The highest BCUT2D eigenvalue weighted by Crippen LogP contribution is 1.74. The molecule has 0 aromatic heterocycles. The predicted octanol–water partition coefficient (Wildman–Crippen LogP) is -1.50. The Bertz CT molecular complexity index is 182. The van der Waals surface area contributed by atoms with Crippen molar-refractivity contribution >= 4 is 11.8 Å². The monoisotopic (exact) mass is 141 g/mol. The fourth-order valence-corrected chi connectivity index (χ4v) is 0.359. The van der Waals surface area contributed by atoms with Gasteiger partial charge in [0.2, 0.25) is 11.8 Å². The number of hydrogen-bond acceptors (Lipinski definition) is 3. The van der Waals surface area contributed by atoms with Crippen molar-refractivity contribution in [1.29, 1.82) is 5.26 Å². The maximum Gasteiger partial charge on any atom is 0.230 e. The molecule has 0 saturated carbocycles. The summed E-state index contributed by atoms with van der Waals surface area (Å²) < 4.78 is 0. The highest BCUT2D eigenvalue weighted by Gasteiger charge is 2.02. The number of carbonyl (C=O) groups is 2. The summed E-state index contributed by atoms with van der Waals surface area (Å²) in [6, 6.07) is 1.69. The lowest BCUT2D eigenvalue weighted by molar-refractivity contribution is -0.127. The molecular weight excluding hydrogens is 134 g/mol. The molecule has 3 N–H and O–H groups in total. The van der Waals surface area contributed by atoms with Gasteiger partial charge in [0.25, 0.3) is 0 Å². The summed E-state index contributed by atoms with van der Waals surface area (Å²) in [5.74, 6) is -1.22. The molecule has 0 aromatic rings. The molecule has 0 aliphatic rings. The molecular formula is C5H7N3O2. The maximum absolute atomic E-state index is 10.4. The van der Waals surface area contributed by atoms with E-state index in [9.17, 15) is 9.59 Å². The minimum Gasteiger partial charge on any atom is -0.369 e. The zero-order chi connectivity index (χ0) is 7.98. The molecule has 54 valence electrons. The molecule has 5 heteroatoms. The molecule has 5 nitrogen and oxygen atoms in total. The zero-order valence-corrected chi connectivity index (χ0v) is 5.26. The number of hydrogen-bond donors (Lipinski definition) is 2. The number of nitriles is 1. The second-order valence-electron chi connectivity index (χ2n) is 1.58. The molecule has 0 saturated heterocycles. The summed E-state index contributed by atoms with van der Waals surface area (Å²) >= 11 is 0. The van der Waals surface area contributed by atoms with Crippen LogP contribution in [0.5, 0.6) is 0 Å². The lowest BCUT2D eigenvalue weighted by Gasteiger charge is -1.94. The van der Waals surface area contributed by atoms with Gasteiger partial charge in [-0.15, -0.1) is 0 Å². The van der Waals surface area contributed by atoms with Gasteiger partial charge in [-0.3, -0.25) is 9.59 Å². The van der Waals surface area contributed by atoms with Gasteiger partial charge in [0, 0.05) is 0 Å². The molecule has 0 spiro atoms. The van der Waals surface area contributed by atoms with Gasteiger partial charge < -0.3 is 11.1 Å². The minimum absolute atomic E-state index is 0.0912. The molecule has 0 radical (unpaired) electrons. The lowest BCUT2D eigenvalue weighted by Crippen LogP contribution is -2.28. The molecule has 0 aliphatic carbocycles. The Hall–Kier alpha value is -1.57. The quantitative estimate of drug-likeness (QED) is 0.370. The highest BCUT2D eigenvalue weighted by atomic mass is 16.2. The number of amides is 2.